The number of esters is 1. The van der Waals surface area contributed by atoms with Gasteiger partial charge in [-0.3, -0.25) is 0 Å². The van der Waals surface area contributed by atoms with Crippen molar-refractivity contribution < 1.29 is 14.3 Å². The summed E-state index contributed by atoms with van der Waals surface area (Å²) in [6.45, 7) is 2.07. The quantitative estimate of drug-likeness (QED) is 0.645. The topological polar surface area (TPSA) is 105 Å². The molecular formula is C14H17N5O3. The van der Waals surface area contributed by atoms with Crippen molar-refractivity contribution in [1.82, 2.24) is 19.5 Å². The first kappa shape index (κ1) is 14.5. The Kier molecular flexibility index (Phi) is 4.01. The predicted molar refractivity (Wildman–Crippen MR) is 78.9 cm³/mol. The number of fused-ring (bicyclic) bond motifs is 1. The molecule has 0 saturated carbocycles. The summed E-state index contributed by atoms with van der Waals surface area (Å²) in [5.41, 5.74) is 7.06. The van der Waals surface area contributed by atoms with Crippen LogP contribution in [0.5, 0.6) is 0 Å². The van der Waals surface area contributed by atoms with Crippen LogP contribution in [0.2, 0.25) is 0 Å². The molecule has 0 aliphatic heterocycles. The molecule has 0 radical (unpaired) electrons. The second kappa shape index (κ2) is 6.10. The lowest BCUT2D eigenvalue weighted by atomic mass is 10.2. The fourth-order valence-electron chi connectivity index (χ4n) is 2.47. The minimum atomic E-state index is -0.354. The molecule has 0 amide bonds. The number of aromatic nitrogens is 4. The Balaban J connectivity index is 1.66. The first-order valence-electron chi connectivity index (χ1n) is 7.07. The van der Waals surface area contributed by atoms with Gasteiger partial charge in [0, 0.05) is 6.42 Å². The smallest absolute Gasteiger partial charge is 0.332 e. The van der Waals surface area contributed by atoms with Crippen LogP contribution in [0.3, 0.4) is 0 Å². The molecule has 22 heavy (non-hydrogen) atoms. The number of nitrogen functional groups attached to an aromatic ring is 1. The number of rotatable bonds is 5. The van der Waals surface area contributed by atoms with Gasteiger partial charge in [-0.1, -0.05) is 12.2 Å². The number of hydrogen-bond acceptors (Lipinski definition) is 7. The lowest BCUT2D eigenvalue weighted by Crippen LogP contribution is -2.18. The summed E-state index contributed by atoms with van der Waals surface area (Å²) in [4.78, 5) is 23.7. The van der Waals surface area contributed by atoms with E-state index < -0.39 is 0 Å². The van der Waals surface area contributed by atoms with Crippen molar-refractivity contribution in [1.29, 1.82) is 0 Å². The summed E-state index contributed by atoms with van der Waals surface area (Å²) in [5, 5.41) is 0. The molecule has 0 bridgehead atoms. The van der Waals surface area contributed by atoms with E-state index in [0.29, 0.717) is 30.0 Å². The lowest BCUT2D eigenvalue weighted by molar-refractivity contribution is -0.149. The Morgan fingerprint density at radius 2 is 2.27 bits per heavy atom. The summed E-state index contributed by atoms with van der Waals surface area (Å²) < 4.78 is 12.3. The zero-order chi connectivity index (χ0) is 15.5. The molecule has 8 heteroatoms. The van der Waals surface area contributed by atoms with E-state index in [0.717, 1.165) is 0 Å². The van der Waals surface area contributed by atoms with Gasteiger partial charge in [0.1, 0.15) is 18.5 Å². The van der Waals surface area contributed by atoms with E-state index in [1.54, 1.807) is 13.3 Å². The van der Waals surface area contributed by atoms with Gasteiger partial charge in [0.15, 0.2) is 11.5 Å². The standard InChI is InChI=1S/C14H17N5O3/c1-2-21-11(20)6-22-10-4-3-9(5-10)19-8-18-12-13(15)16-7-17-14(12)19/h3-4,7-10H,2,5-6H2,1H3,(H2,15,16,17)/t9-,10+/m0/s1. The first-order chi connectivity index (χ1) is 10.7. The highest BCUT2D eigenvalue weighted by atomic mass is 16.6. The minimum Gasteiger partial charge on any atom is -0.464 e. The highest BCUT2D eigenvalue weighted by Crippen LogP contribution is 2.28. The summed E-state index contributed by atoms with van der Waals surface area (Å²) in [6, 6.07) is 0.0616. The molecule has 3 rings (SSSR count). The second-order valence-corrected chi connectivity index (χ2v) is 4.93. The highest BCUT2D eigenvalue weighted by Gasteiger charge is 2.23. The monoisotopic (exact) mass is 303 g/mol. The Morgan fingerprint density at radius 1 is 1.41 bits per heavy atom. The van der Waals surface area contributed by atoms with Crippen LogP contribution in [-0.2, 0) is 14.3 Å². The van der Waals surface area contributed by atoms with E-state index in [-0.39, 0.29) is 24.7 Å². The number of nitrogens with zero attached hydrogens (tertiary/aromatic N) is 4. The average molecular weight is 303 g/mol. The Morgan fingerprint density at radius 3 is 3.09 bits per heavy atom. The second-order valence-electron chi connectivity index (χ2n) is 4.93. The molecule has 2 aromatic heterocycles. The molecule has 0 spiro atoms. The maximum absolute atomic E-state index is 11.3. The van der Waals surface area contributed by atoms with Gasteiger partial charge in [0.2, 0.25) is 0 Å². The van der Waals surface area contributed by atoms with Crippen LogP contribution in [0, 0.1) is 0 Å². The molecule has 0 aromatic carbocycles. The molecule has 0 fully saturated rings. The zero-order valence-corrected chi connectivity index (χ0v) is 12.2. The van der Waals surface area contributed by atoms with Gasteiger partial charge in [0.05, 0.1) is 25.1 Å². The van der Waals surface area contributed by atoms with E-state index >= 15 is 0 Å². The number of ether oxygens (including phenoxy) is 2. The molecular weight excluding hydrogens is 286 g/mol. The molecule has 2 atom stereocenters. The highest BCUT2D eigenvalue weighted by molar-refractivity contribution is 5.81. The molecule has 0 unspecified atom stereocenters. The van der Waals surface area contributed by atoms with Gasteiger partial charge in [-0.15, -0.1) is 0 Å². The average Bonchev–Trinajstić information content (AvgIpc) is 3.12. The largest absolute Gasteiger partial charge is 0.464 e. The van der Waals surface area contributed by atoms with Gasteiger partial charge < -0.3 is 19.8 Å². The van der Waals surface area contributed by atoms with Crippen molar-refractivity contribution in [3.63, 3.8) is 0 Å². The van der Waals surface area contributed by atoms with Gasteiger partial charge in [-0.25, -0.2) is 19.7 Å². The molecule has 116 valence electrons. The third kappa shape index (κ3) is 2.77. The maximum Gasteiger partial charge on any atom is 0.332 e. The fourth-order valence-corrected chi connectivity index (χ4v) is 2.47. The van der Waals surface area contributed by atoms with Gasteiger partial charge in [0.25, 0.3) is 0 Å². The molecule has 0 saturated heterocycles. The molecule has 1 aliphatic rings. The fraction of sp³-hybridized carbons (Fsp3) is 0.429. The summed E-state index contributed by atoms with van der Waals surface area (Å²) >= 11 is 0. The van der Waals surface area contributed by atoms with Crippen molar-refractivity contribution >= 4 is 23.0 Å². The molecule has 8 nitrogen and oxygen atoms in total. The van der Waals surface area contributed by atoms with Crippen molar-refractivity contribution in [2.24, 2.45) is 0 Å². The summed E-state index contributed by atoms with van der Waals surface area (Å²) in [6.07, 6.45) is 7.62. The molecule has 2 heterocycles. The maximum atomic E-state index is 11.3. The third-order valence-corrected chi connectivity index (χ3v) is 3.49. The van der Waals surface area contributed by atoms with Gasteiger partial charge in [-0.2, -0.15) is 0 Å². The normalized spacial score (nSPS) is 20.6. The number of nitrogens with two attached hydrogens (primary N) is 1. The lowest BCUT2D eigenvalue weighted by Gasteiger charge is -2.14. The van der Waals surface area contributed by atoms with Crippen LogP contribution in [0.25, 0.3) is 11.2 Å². The van der Waals surface area contributed by atoms with Crippen molar-refractivity contribution in [2.75, 3.05) is 18.9 Å². The van der Waals surface area contributed by atoms with Crippen LogP contribution in [-0.4, -0.2) is 44.8 Å². The molecule has 1 aliphatic carbocycles. The number of allylic oxidation sites excluding steroid dienone is 1. The number of hydrogen-bond donors (Lipinski definition) is 1. The van der Waals surface area contributed by atoms with E-state index in [4.69, 9.17) is 15.2 Å². The van der Waals surface area contributed by atoms with E-state index in [1.165, 1.54) is 6.33 Å². The Bertz CT molecular complexity index is 712. The van der Waals surface area contributed by atoms with Crippen molar-refractivity contribution in [3.8, 4) is 0 Å². The van der Waals surface area contributed by atoms with Gasteiger partial charge in [-0.05, 0) is 6.92 Å². The van der Waals surface area contributed by atoms with E-state index in [9.17, 15) is 4.79 Å². The van der Waals surface area contributed by atoms with Crippen molar-refractivity contribution in [2.45, 2.75) is 25.5 Å². The summed E-state index contributed by atoms with van der Waals surface area (Å²) in [7, 11) is 0. The molecule has 2 N–H and O–H groups in total. The SMILES string of the molecule is CCOC(=O)CO[C@@H]1C=C[C@H](n2cnc3c(N)ncnc32)C1. The minimum absolute atomic E-state index is 0.0463. The Labute approximate surface area is 127 Å². The van der Waals surface area contributed by atoms with Crippen LogP contribution >= 0.6 is 0 Å². The third-order valence-electron chi connectivity index (χ3n) is 3.49. The van der Waals surface area contributed by atoms with Crippen molar-refractivity contribution in [3.05, 3.63) is 24.8 Å². The van der Waals surface area contributed by atoms with Crippen LogP contribution < -0.4 is 5.73 Å². The van der Waals surface area contributed by atoms with Crippen LogP contribution in [0.15, 0.2) is 24.8 Å². The summed E-state index contributed by atoms with van der Waals surface area (Å²) in [5.74, 6) is 0.00813. The Hall–Kier alpha value is -2.48. The number of carbonyl (C=O) groups is 1. The van der Waals surface area contributed by atoms with E-state index in [1.807, 2.05) is 16.7 Å². The van der Waals surface area contributed by atoms with Crippen LogP contribution in [0.1, 0.15) is 19.4 Å². The van der Waals surface area contributed by atoms with Crippen LogP contribution in [0.4, 0.5) is 5.82 Å². The zero-order valence-electron chi connectivity index (χ0n) is 12.2. The number of imidazole rings is 1. The molecule has 2 aromatic rings. The van der Waals surface area contributed by atoms with E-state index in [2.05, 4.69) is 15.0 Å². The van der Waals surface area contributed by atoms with Gasteiger partial charge >= 0.3 is 5.97 Å². The first-order valence-corrected chi connectivity index (χ1v) is 7.07. The number of anilines is 1. The predicted octanol–water partition coefficient (Wildman–Crippen LogP) is 0.858. The number of carbonyl (C=O) groups excluding carboxylic acids is 1.